The maximum atomic E-state index is 5.93. The van der Waals surface area contributed by atoms with E-state index in [1.165, 1.54) is 0 Å². The summed E-state index contributed by atoms with van der Waals surface area (Å²) in [5.74, 6) is 1.50. The third kappa shape index (κ3) is 1.51. The highest BCUT2D eigenvalue weighted by molar-refractivity contribution is 5.79. The Bertz CT molecular complexity index is 543. The molecule has 2 aromatic rings. The second-order valence-corrected chi connectivity index (χ2v) is 3.90. The highest BCUT2D eigenvalue weighted by atomic mass is 16.6. The van der Waals surface area contributed by atoms with Crippen molar-refractivity contribution in [1.29, 1.82) is 0 Å². The molecule has 1 aromatic heterocycles. The van der Waals surface area contributed by atoms with Crippen LogP contribution in [0.4, 0.5) is 5.69 Å². The Labute approximate surface area is 98.8 Å². The van der Waals surface area contributed by atoms with E-state index >= 15 is 0 Å². The zero-order chi connectivity index (χ0) is 11.8. The fourth-order valence-corrected chi connectivity index (χ4v) is 2.04. The molecular weight excluding hydrogens is 218 g/mol. The minimum Gasteiger partial charge on any atom is -0.486 e. The molecule has 0 saturated carbocycles. The van der Waals surface area contributed by atoms with Gasteiger partial charge in [0.25, 0.3) is 0 Å². The van der Waals surface area contributed by atoms with E-state index in [0.717, 1.165) is 22.8 Å². The molecule has 0 radical (unpaired) electrons. The van der Waals surface area contributed by atoms with Gasteiger partial charge in [0.05, 0.1) is 17.6 Å². The first kappa shape index (κ1) is 10.0. The van der Waals surface area contributed by atoms with Crippen molar-refractivity contribution in [2.24, 2.45) is 7.05 Å². The van der Waals surface area contributed by atoms with Gasteiger partial charge in [0.2, 0.25) is 0 Å². The summed E-state index contributed by atoms with van der Waals surface area (Å²) in [6.07, 6.45) is 1.64. The van der Waals surface area contributed by atoms with Crippen LogP contribution >= 0.6 is 0 Å². The lowest BCUT2D eigenvalue weighted by molar-refractivity contribution is 0.172. The van der Waals surface area contributed by atoms with Crippen LogP contribution in [0.5, 0.6) is 11.5 Å². The molecule has 2 heterocycles. The van der Waals surface area contributed by atoms with Crippen molar-refractivity contribution in [2.45, 2.75) is 0 Å². The second-order valence-electron chi connectivity index (χ2n) is 3.90. The summed E-state index contributed by atoms with van der Waals surface area (Å²) < 4.78 is 13.0. The maximum Gasteiger partial charge on any atom is 0.170 e. The lowest BCUT2D eigenvalue weighted by Crippen LogP contribution is -2.16. The topological polar surface area (TPSA) is 62.3 Å². The summed E-state index contributed by atoms with van der Waals surface area (Å²) in [6.45, 7) is 1.14. The monoisotopic (exact) mass is 231 g/mol. The minimum atomic E-state index is 0.557. The number of nitrogen functional groups attached to an aromatic ring is 1. The Kier molecular flexibility index (Phi) is 2.18. The van der Waals surface area contributed by atoms with Gasteiger partial charge in [0.1, 0.15) is 13.2 Å². The van der Waals surface area contributed by atoms with Crippen LogP contribution in [0.15, 0.2) is 24.4 Å². The smallest absolute Gasteiger partial charge is 0.170 e. The van der Waals surface area contributed by atoms with Gasteiger partial charge in [0.15, 0.2) is 11.5 Å². The number of benzene rings is 1. The van der Waals surface area contributed by atoms with Crippen molar-refractivity contribution in [3.05, 3.63) is 24.4 Å². The van der Waals surface area contributed by atoms with Gasteiger partial charge in [-0.05, 0) is 12.1 Å². The molecule has 5 nitrogen and oxygen atoms in total. The highest BCUT2D eigenvalue weighted by Crippen LogP contribution is 2.41. The van der Waals surface area contributed by atoms with Crippen LogP contribution in [-0.2, 0) is 7.05 Å². The molecule has 3 rings (SSSR count). The number of aromatic nitrogens is 2. The molecule has 0 atom stereocenters. The summed E-state index contributed by atoms with van der Waals surface area (Å²) in [6, 6.07) is 5.78. The second kappa shape index (κ2) is 3.69. The average molecular weight is 231 g/mol. The van der Waals surface area contributed by atoms with Crippen LogP contribution in [0.25, 0.3) is 11.3 Å². The van der Waals surface area contributed by atoms with Crippen LogP contribution in [0.2, 0.25) is 0 Å². The predicted molar refractivity (Wildman–Crippen MR) is 64.0 cm³/mol. The van der Waals surface area contributed by atoms with Gasteiger partial charge in [-0.25, -0.2) is 0 Å². The lowest BCUT2D eigenvalue weighted by atomic mass is 10.1. The van der Waals surface area contributed by atoms with Crippen LogP contribution in [-0.4, -0.2) is 23.0 Å². The van der Waals surface area contributed by atoms with Crippen molar-refractivity contribution >= 4 is 5.69 Å². The molecule has 0 bridgehead atoms. The predicted octanol–water partition coefficient (Wildman–Crippen LogP) is 1.44. The zero-order valence-electron chi connectivity index (χ0n) is 9.51. The van der Waals surface area contributed by atoms with Gasteiger partial charge in [-0.3, -0.25) is 4.68 Å². The molecule has 17 heavy (non-hydrogen) atoms. The van der Waals surface area contributed by atoms with Crippen LogP contribution in [0.1, 0.15) is 0 Å². The van der Waals surface area contributed by atoms with Gasteiger partial charge >= 0.3 is 0 Å². The summed E-state index contributed by atoms with van der Waals surface area (Å²) in [5, 5.41) is 4.14. The minimum absolute atomic E-state index is 0.557. The first-order chi connectivity index (χ1) is 8.27. The van der Waals surface area contributed by atoms with Crippen molar-refractivity contribution in [1.82, 2.24) is 9.78 Å². The largest absolute Gasteiger partial charge is 0.486 e. The van der Waals surface area contributed by atoms with E-state index < -0.39 is 0 Å². The molecule has 0 spiro atoms. The van der Waals surface area contributed by atoms with E-state index in [1.54, 1.807) is 10.9 Å². The number of aryl methyl sites for hydroxylation is 1. The van der Waals surface area contributed by atoms with Crippen molar-refractivity contribution in [2.75, 3.05) is 18.9 Å². The third-order valence-electron chi connectivity index (χ3n) is 2.79. The van der Waals surface area contributed by atoms with E-state index in [-0.39, 0.29) is 0 Å². The van der Waals surface area contributed by atoms with E-state index in [1.807, 2.05) is 25.2 Å². The summed E-state index contributed by atoms with van der Waals surface area (Å²) in [5.41, 5.74) is 8.33. The Hall–Kier alpha value is -2.17. The fraction of sp³-hybridized carbons (Fsp3) is 0.250. The van der Waals surface area contributed by atoms with Crippen LogP contribution in [0.3, 0.4) is 0 Å². The lowest BCUT2D eigenvalue weighted by Gasteiger charge is -2.21. The molecule has 88 valence electrons. The number of rotatable bonds is 1. The van der Waals surface area contributed by atoms with E-state index in [0.29, 0.717) is 18.9 Å². The van der Waals surface area contributed by atoms with Crippen molar-refractivity contribution < 1.29 is 9.47 Å². The molecule has 2 N–H and O–H groups in total. The van der Waals surface area contributed by atoms with Gasteiger partial charge < -0.3 is 15.2 Å². The number of fused-ring (bicyclic) bond motifs is 1. The van der Waals surface area contributed by atoms with Gasteiger partial charge in [-0.15, -0.1) is 0 Å². The molecule has 0 saturated heterocycles. The molecule has 0 aliphatic carbocycles. The SMILES string of the molecule is Cn1ncc(N)c1-c1cccc2c1OCCO2. The van der Waals surface area contributed by atoms with Gasteiger partial charge in [-0.2, -0.15) is 5.10 Å². The van der Waals surface area contributed by atoms with E-state index in [4.69, 9.17) is 15.2 Å². The van der Waals surface area contributed by atoms with Crippen LogP contribution in [0, 0.1) is 0 Å². The highest BCUT2D eigenvalue weighted by Gasteiger charge is 2.20. The first-order valence-corrected chi connectivity index (χ1v) is 5.44. The summed E-state index contributed by atoms with van der Waals surface area (Å²) in [4.78, 5) is 0. The Morgan fingerprint density at radius 1 is 1.29 bits per heavy atom. The van der Waals surface area contributed by atoms with Crippen LogP contribution < -0.4 is 15.2 Å². The normalized spacial score (nSPS) is 13.7. The number of para-hydroxylation sites is 1. The number of nitrogens with zero attached hydrogens (tertiary/aromatic N) is 2. The van der Waals surface area contributed by atoms with Crippen molar-refractivity contribution in [3.8, 4) is 22.8 Å². The zero-order valence-corrected chi connectivity index (χ0v) is 9.51. The molecule has 0 fully saturated rings. The van der Waals surface area contributed by atoms with Crippen molar-refractivity contribution in [3.63, 3.8) is 0 Å². The molecule has 1 aliphatic rings. The summed E-state index contributed by atoms with van der Waals surface area (Å²) >= 11 is 0. The molecule has 5 heteroatoms. The quantitative estimate of drug-likeness (QED) is 0.806. The molecular formula is C12H13N3O2. The van der Waals surface area contributed by atoms with E-state index in [9.17, 15) is 0 Å². The standard InChI is InChI=1S/C12H13N3O2/c1-15-11(9(13)7-14-15)8-3-2-4-10-12(8)17-6-5-16-10/h2-4,7H,5-6,13H2,1H3. The molecule has 1 aliphatic heterocycles. The molecule has 0 amide bonds. The average Bonchev–Trinajstić information content (AvgIpc) is 2.69. The number of anilines is 1. The summed E-state index contributed by atoms with van der Waals surface area (Å²) in [7, 11) is 1.86. The van der Waals surface area contributed by atoms with Gasteiger partial charge in [-0.1, -0.05) is 6.07 Å². The number of hydrogen-bond donors (Lipinski definition) is 1. The Balaban J connectivity index is 2.21. The first-order valence-electron chi connectivity index (χ1n) is 5.44. The molecule has 1 aromatic carbocycles. The fourth-order valence-electron chi connectivity index (χ4n) is 2.04. The molecule has 0 unspecified atom stereocenters. The van der Waals surface area contributed by atoms with Gasteiger partial charge in [0, 0.05) is 12.6 Å². The Morgan fingerprint density at radius 3 is 2.88 bits per heavy atom. The maximum absolute atomic E-state index is 5.93. The number of nitrogens with two attached hydrogens (primary N) is 1. The third-order valence-corrected chi connectivity index (χ3v) is 2.79. The number of ether oxygens (including phenoxy) is 2. The number of hydrogen-bond acceptors (Lipinski definition) is 4. The van der Waals surface area contributed by atoms with E-state index in [2.05, 4.69) is 5.10 Å². The Morgan fingerprint density at radius 2 is 2.12 bits per heavy atom.